The van der Waals surface area contributed by atoms with E-state index in [1.807, 2.05) is 0 Å². The van der Waals surface area contributed by atoms with E-state index >= 15 is 0 Å². The highest BCUT2D eigenvalue weighted by Crippen LogP contribution is 2.39. The number of hydrogen-bond acceptors (Lipinski definition) is 3. The van der Waals surface area contributed by atoms with Gasteiger partial charge in [0, 0.05) is 5.30 Å². The van der Waals surface area contributed by atoms with Crippen LogP contribution in [0.1, 0.15) is 5.82 Å². The number of nitrogens with one attached hydrogen (secondary N) is 1. The Morgan fingerprint density at radius 1 is 1.44 bits per heavy atom. The van der Waals surface area contributed by atoms with Crippen LogP contribution in [0.25, 0.3) is 10.9 Å². The van der Waals surface area contributed by atoms with Crippen molar-refractivity contribution in [2.75, 3.05) is 13.3 Å². The van der Waals surface area contributed by atoms with Crippen molar-refractivity contribution < 1.29 is 8.96 Å². The first-order valence-corrected chi connectivity index (χ1v) is 8.55. The van der Waals surface area contributed by atoms with Crippen molar-refractivity contribution in [1.29, 1.82) is 0 Å². The molecule has 0 unspecified atom stereocenters. The second-order valence-electron chi connectivity index (χ2n) is 4.42. The molecule has 0 aliphatic heterocycles. The van der Waals surface area contributed by atoms with E-state index in [2.05, 4.69) is 25.9 Å². The molecule has 0 saturated heterocycles. The van der Waals surface area contributed by atoms with Crippen LogP contribution in [0, 0.1) is 12.7 Å². The predicted molar refractivity (Wildman–Crippen MR) is 73.8 cm³/mol. The summed E-state index contributed by atoms with van der Waals surface area (Å²) in [5.41, 5.74) is -0.445. The third-order valence-electron chi connectivity index (χ3n) is 2.56. The van der Waals surface area contributed by atoms with Gasteiger partial charge >= 0.3 is 0 Å². The van der Waals surface area contributed by atoms with Crippen LogP contribution >= 0.6 is 23.1 Å². The van der Waals surface area contributed by atoms with E-state index in [9.17, 15) is 13.8 Å². The van der Waals surface area contributed by atoms with Crippen molar-refractivity contribution >= 4 is 39.3 Å². The van der Waals surface area contributed by atoms with E-state index in [1.165, 1.54) is 19.4 Å². The highest BCUT2D eigenvalue weighted by molar-refractivity contribution is 9.10. The summed E-state index contributed by atoms with van der Waals surface area (Å²) < 4.78 is 26.4. The van der Waals surface area contributed by atoms with Gasteiger partial charge in [-0.15, -0.1) is 0 Å². The number of nitrogens with zero attached hydrogens (tertiary/aromatic N) is 1. The Morgan fingerprint density at radius 2 is 2.06 bits per heavy atom. The molecule has 0 amide bonds. The molecule has 0 bridgehead atoms. The second kappa shape index (κ2) is 4.28. The fourth-order valence-corrected chi connectivity index (χ4v) is 4.30. The average Bonchev–Trinajstić information content (AvgIpc) is 2.22. The summed E-state index contributed by atoms with van der Waals surface area (Å²) in [4.78, 5) is 18.2. The first-order chi connectivity index (χ1) is 8.21. The minimum Gasteiger partial charge on any atom is -0.319 e. The van der Waals surface area contributed by atoms with E-state index in [0.717, 1.165) is 0 Å². The van der Waals surface area contributed by atoms with E-state index in [4.69, 9.17) is 0 Å². The molecule has 1 aromatic heterocycles. The summed E-state index contributed by atoms with van der Waals surface area (Å²) in [6.07, 6.45) is 0. The quantitative estimate of drug-likeness (QED) is 0.815. The molecule has 0 aliphatic carbocycles. The first kappa shape index (κ1) is 13.4. The van der Waals surface area contributed by atoms with Crippen LogP contribution in [0.3, 0.4) is 0 Å². The van der Waals surface area contributed by atoms with Gasteiger partial charge in [0.25, 0.3) is 5.56 Å². The Balaban J connectivity index is 3.02. The van der Waals surface area contributed by atoms with Gasteiger partial charge in [-0.25, -0.2) is 9.37 Å². The van der Waals surface area contributed by atoms with Crippen LogP contribution in [-0.4, -0.2) is 23.3 Å². The minimum absolute atomic E-state index is 0.0136. The molecule has 0 atom stereocenters. The Morgan fingerprint density at radius 3 is 2.61 bits per heavy atom. The fraction of sp³-hybridized carbons (Fsp3) is 0.273. The zero-order valence-corrected chi connectivity index (χ0v) is 12.5. The van der Waals surface area contributed by atoms with E-state index in [-0.39, 0.29) is 15.4 Å². The Hall–Kier alpha value is -1.00. The van der Waals surface area contributed by atoms with Gasteiger partial charge < -0.3 is 9.55 Å². The molecule has 1 aromatic carbocycles. The number of fused-ring (bicyclic) bond motifs is 1. The Labute approximate surface area is 111 Å². The lowest BCUT2D eigenvalue weighted by molar-refractivity contribution is 0.587. The molecule has 96 valence electrons. The number of H-pyrrole nitrogens is 1. The Kier molecular flexibility index (Phi) is 3.19. The van der Waals surface area contributed by atoms with Gasteiger partial charge in [-0.3, -0.25) is 4.79 Å². The molecule has 0 aliphatic rings. The molecule has 0 fully saturated rings. The average molecular weight is 333 g/mol. The van der Waals surface area contributed by atoms with Crippen molar-refractivity contribution in [1.82, 2.24) is 9.97 Å². The van der Waals surface area contributed by atoms with Crippen LogP contribution in [0.4, 0.5) is 4.39 Å². The number of halogens is 2. The highest BCUT2D eigenvalue weighted by atomic mass is 79.9. The molecule has 0 spiro atoms. The van der Waals surface area contributed by atoms with E-state index in [0.29, 0.717) is 11.1 Å². The molecule has 0 radical (unpaired) electrons. The minimum atomic E-state index is -2.69. The number of aromatic nitrogens is 2. The maximum absolute atomic E-state index is 14.2. The molecular weight excluding hydrogens is 322 g/mol. The number of aromatic amines is 1. The zero-order chi connectivity index (χ0) is 13.7. The lowest BCUT2D eigenvalue weighted by Crippen LogP contribution is -2.16. The lowest BCUT2D eigenvalue weighted by Gasteiger charge is -2.12. The molecule has 1 heterocycles. The topological polar surface area (TPSA) is 62.8 Å². The maximum atomic E-state index is 14.2. The molecule has 7 heteroatoms. The van der Waals surface area contributed by atoms with Gasteiger partial charge in [0.2, 0.25) is 0 Å². The molecule has 2 rings (SSSR count). The fourth-order valence-electron chi connectivity index (χ4n) is 1.70. The van der Waals surface area contributed by atoms with E-state index < -0.39 is 18.5 Å². The van der Waals surface area contributed by atoms with Crippen LogP contribution in [-0.2, 0) is 4.57 Å². The van der Waals surface area contributed by atoms with Crippen molar-refractivity contribution in [3.8, 4) is 0 Å². The highest BCUT2D eigenvalue weighted by Gasteiger charge is 2.22. The van der Waals surface area contributed by atoms with Crippen molar-refractivity contribution in [3.05, 3.63) is 32.5 Å². The van der Waals surface area contributed by atoms with Crippen LogP contribution in [0.15, 0.2) is 15.3 Å². The molecule has 4 nitrogen and oxygen atoms in total. The smallest absolute Gasteiger partial charge is 0.258 e. The number of aryl methyl sites for hydroxylation is 1. The summed E-state index contributed by atoms with van der Waals surface area (Å²) in [6.45, 7) is 4.62. The van der Waals surface area contributed by atoms with Gasteiger partial charge in [0.05, 0.1) is 9.86 Å². The maximum Gasteiger partial charge on any atom is 0.258 e. The largest absolute Gasteiger partial charge is 0.319 e. The number of hydrogen-bond donors (Lipinski definition) is 1. The summed E-state index contributed by atoms with van der Waals surface area (Å²) in [7, 11) is -2.69. The van der Waals surface area contributed by atoms with Gasteiger partial charge in [0.15, 0.2) is 5.82 Å². The van der Waals surface area contributed by atoms with Crippen molar-refractivity contribution in [2.45, 2.75) is 6.92 Å². The van der Waals surface area contributed by atoms with Gasteiger partial charge in [0.1, 0.15) is 18.5 Å². The molecular formula is C11H11BrFN2O2P. The molecule has 18 heavy (non-hydrogen) atoms. The molecule has 2 aromatic rings. The predicted octanol–water partition coefficient (Wildman–Crippen LogP) is 2.38. The summed E-state index contributed by atoms with van der Waals surface area (Å²) in [5, 5.41) is 0.420. The SMILES string of the molecule is Cc1nc2c(F)c(Br)c(P(C)(C)=O)cc2c(=O)[nH]1. The van der Waals surface area contributed by atoms with Crippen LogP contribution in [0.2, 0.25) is 0 Å². The monoisotopic (exact) mass is 332 g/mol. The summed E-state index contributed by atoms with van der Waals surface area (Å²) >= 11 is 3.09. The number of rotatable bonds is 1. The van der Waals surface area contributed by atoms with Gasteiger partial charge in [-0.2, -0.15) is 0 Å². The second-order valence-corrected chi connectivity index (χ2v) is 8.40. The summed E-state index contributed by atoms with van der Waals surface area (Å²) in [6, 6.07) is 1.44. The lowest BCUT2D eigenvalue weighted by atomic mass is 10.2. The van der Waals surface area contributed by atoms with Gasteiger partial charge in [-0.1, -0.05) is 0 Å². The normalized spacial score (nSPS) is 12.1. The first-order valence-electron chi connectivity index (χ1n) is 5.16. The van der Waals surface area contributed by atoms with E-state index in [1.54, 1.807) is 6.92 Å². The zero-order valence-electron chi connectivity index (χ0n) is 10.0. The third-order valence-corrected chi connectivity index (χ3v) is 5.16. The van der Waals surface area contributed by atoms with Crippen molar-refractivity contribution in [3.63, 3.8) is 0 Å². The number of benzene rings is 1. The Bertz CT molecular complexity index is 751. The van der Waals surface area contributed by atoms with Gasteiger partial charge in [-0.05, 0) is 42.2 Å². The summed E-state index contributed by atoms with van der Waals surface area (Å²) in [5.74, 6) is -0.317. The third kappa shape index (κ3) is 2.15. The standard InChI is InChI=1S/C11H11BrFN2O2P/c1-5-14-10-6(11(16)15-5)4-7(18(2,3)17)8(12)9(10)13/h4H,1-3H3,(H,14,15,16). The van der Waals surface area contributed by atoms with Crippen molar-refractivity contribution in [2.24, 2.45) is 0 Å². The van der Waals surface area contributed by atoms with Crippen LogP contribution < -0.4 is 10.9 Å². The van der Waals surface area contributed by atoms with Crippen LogP contribution in [0.5, 0.6) is 0 Å². The molecule has 1 N–H and O–H groups in total. The molecule has 0 saturated carbocycles.